The number of hydrogen-bond acceptors (Lipinski definition) is 22. The SMILES string of the molecule is C#CCCOP(OC1CC(n2ccc(NC(=O)CCCN(C)C(=O)OCC3c4ccccc4-c4ccccc43)nc2=O)OC1COP(OCCC#N)OC1CC(n2cnc3c(NC(=O)c4ccc(CNC(=O)Cc5ccccc5)cc4)ncnc32)OC1COC(c1ccccc1)(c1ccc(OC)cc1)c1ccc(OC)cc1)N(C(C)C)C(C)C. The Kier molecular flexibility index (Phi) is 29.5. The first-order valence-electron chi connectivity index (χ1n) is 39.5. The molecule has 4 amide bonds. The molecule has 0 spiro atoms. The fourth-order valence-corrected chi connectivity index (χ4v) is 17.7. The number of imidazole rings is 1. The maximum absolute atomic E-state index is 14.3. The molecule has 3 aromatic heterocycles. The van der Waals surface area contributed by atoms with Crippen LogP contribution in [0.2, 0.25) is 0 Å². The number of aromatic nitrogens is 6. The van der Waals surface area contributed by atoms with Crippen LogP contribution in [-0.4, -0.2) is 160 Å². The molecular formula is C89H96N12O16P2. The molecule has 13 rings (SSSR count). The topological polar surface area (TPSA) is 315 Å². The van der Waals surface area contributed by atoms with Crippen LogP contribution >= 0.6 is 17.1 Å². The predicted molar refractivity (Wildman–Crippen MR) is 448 cm³/mol. The summed E-state index contributed by atoms with van der Waals surface area (Å²) < 4.78 is 77.8. The molecule has 3 aliphatic rings. The number of benzene rings is 7. The lowest BCUT2D eigenvalue weighted by atomic mass is 9.80. The summed E-state index contributed by atoms with van der Waals surface area (Å²) in [4.78, 5) is 87.5. The van der Waals surface area contributed by atoms with Gasteiger partial charge >= 0.3 is 20.4 Å². The summed E-state index contributed by atoms with van der Waals surface area (Å²) in [6.45, 7) is 8.49. The predicted octanol–water partition coefficient (Wildman–Crippen LogP) is 14.7. The average Bonchev–Trinajstić information content (AvgIpc) is 1.58. The molecule has 8 atom stereocenters. The van der Waals surface area contributed by atoms with E-state index in [0.717, 1.165) is 50.1 Å². The van der Waals surface area contributed by atoms with Crippen molar-refractivity contribution in [2.75, 3.05) is 71.5 Å². The molecule has 119 heavy (non-hydrogen) atoms. The summed E-state index contributed by atoms with van der Waals surface area (Å²) in [6, 6.07) is 61.2. The Morgan fingerprint density at radius 3 is 1.89 bits per heavy atom. The van der Waals surface area contributed by atoms with Crippen molar-refractivity contribution in [1.82, 2.24) is 44.0 Å². The van der Waals surface area contributed by atoms with Gasteiger partial charge in [0.05, 0.1) is 78.1 Å². The molecule has 2 fully saturated rings. The zero-order chi connectivity index (χ0) is 83.4. The number of anilines is 2. The standard InChI is InChI=1S/C89H96N12O16P2/c1-9-10-48-111-118(101(59(2)3)60(4)5)116-74-51-81(99-47-44-78(96-87(99)105)95-79(102)31-21-46-98(6)88(106)109-54-73-71-29-19-17-27-69(71)70-28-18-20-30-72(70)73)115-77(74)56-113-119(112-49-22-45-90)117-75-52-82(114-76(75)55-110-89(64-25-15-12-16-26-64,65-36-40-67(107-7)41-37-65)66-38-42-68(108-8)43-39-66)100-58-94-83-84(92-57-93-85(83)100)97-86(104)63-34-32-62(33-35-63)53-91-80(103)50-61-23-13-11-14-24-61/h1,11-20,23-30,32-44,47,57-60,73-77,81-82H,10,21-22,31,46,48-56H2,2-8H3,(H,91,103)(H,92,93,97,104)(H,95,96,102,105). The lowest BCUT2D eigenvalue weighted by molar-refractivity contribution is -0.120. The van der Waals surface area contributed by atoms with Gasteiger partial charge in [0.15, 0.2) is 17.0 Å². The van der Waals surface area contributed by atoms with E-state index in [1.807, 2.05) is 161 Å². The van der Waals surface area contributed by atoms with Crippen LogP contribution in [0.5, 0.6) is 11.5 Å². The number of carbonyl (C=O) groups excluding carboxylic acids is 4. The number of carbonyl (C=O) groups is 4. The fourth-order valence-electron chi connectivity index (χ4n) is 14.8. The summed E-state index contributed by atoms with van der Waals surface area (Å²) >= 11 is 0. The van der Waals surface area contributed by atoms with Crippen LogP contribution in [0.4, 0.5) is 16.4 Å². The molecule has 2 saturated heterocycles. The number of terminal acetylenes is 1. The quantitative estimate of drug-likeness (QED) is 0.0139. The van der Waals surface area contributed by atoms with E-state index in [4.69, 9.17) is 62.4 Å². The van der Waals surface area contributed by atoms with Crippen LogP contribution in [0.3, 0.4) is 0 Å². The van der Waals surface area contributed by atoms with E-state index in [1.54, 1.807) is 56.4 Å². The van der Waals surface area contributed by atoms with Crippen molar-refractivity contribution in [3.05, 3.63) is 262 Å². The number of nitriles is 1. The minimum absolute atomic E-state index is 0.00847. The Morgan fingerprint density at radius 1 is 0.655 bits per heavy atom. The minimum atomic E-state index is -2.45. The molecule has 618 valence electrons. The van der Waals surface area contributed by atoms with E-state index in [-0.39, 0.29) is 119 Å². The Labute approximate surface area is 693 Å². The molecule has 30 heteroatoms. The van der Waals surface area contributed by atoms with Crippen molar-refractivity contribution >= 4 is 63.7 Å². The third-order valence-electron chi connectivity index (χ3n) is 20.7. The van der Waals surface area contributed by atoms with Gasteiger partial charge in [0.25, 0.3) is 14.4 Å². The number of ether oxygens (including phenoxy) is 6. The van der Waals surface area contributed by atoms with E-state index in [2.05, 4.69) is 71.8 Å². The van der Waals surface area contributed by atoms with Gasteiger partial charge in [-0.05, 0) is 127 Å². The smallest absolute Gasteiger partial charge is 0.409 e. The van der Waals surface area contributed by atoms with Crippen LogP contribution in [0.15, 0.2) is 212 Å². The second-order valence-corrected chi connectivity index (χ2v) is 31.8. The Morgan fingerprint density at radius 2 is 1.26 bits per heavy atom. The largest absolute Gasteiger partial charge is 0.497 e. The van der Waals surface area contributed by atoms with E-state index < -0.39 is 83.2 Å². The van der Waals surface area contributed by atoms with Gasteiger partial charge in [0.1, 0.15) is 60.5 Å². The lowest BCUT2D eigenvalue weighted by Crippen LogP contribution is -2.38. The molecule has 1 aliphatic carbocycles. The first kappa shape index (κ1) is 85.7. The third-order valence-corrected chi connectivity index (χ3v) is 24.0. The van der Waals surface area contributed by atoms with Gasteiger partial charge in [-0.15, -0.1) is 12.3 Å². The van der Waals surface area contributed by atoms with Crippen LogP contribution < -0.4 is 31.1 Å². The van der Waals surface area contributed by atoms with Crippen molar-refractivity contribution in [3.8, 4) is 41.0 Å². The highest BCUT2D eigenvalue weighted by Gasteiger charge is 2.47. The number of nitrogens with zero attached hydrogens (tertiary/aromatic N) is 9. The normalized spacial score (nSPS) is 17.4. The molecule has 3 N–H and O–H groups in total. The molecule has 8 unspecified atom stereocenters. The van der Waals surface area contributed by atoms with Crippen LogP contribution in [0, 0.1) is 23.7 Å². The maximum Gasteiger partial charge on any atom is 0.409 e. The first-order chi connectivity index (χ1) is 57.9. The van der Waals surface area contributed by atoms with Gasteiger partial charge in [-0.2, -0.15) is 10.2 Å². The third kappa shape index (κ3) is 21.1. The average molecular weight is 1650 g/mol. The van der Waals surface area contributed by atoms with E-state index in [0.29, 0.717) is 35.6 Å². The maximum atomic E-state index is 14.3. The van der Waals surface area contributed by atoms with Crippen LogP contribution in [-0.2, 0) is 69.7 Å². The second kappa shape index (κ2) is 41.0. The number of rotatable bonds is 39. The summed E-state index contributed by atoms with van der Waals surface area (Å²) in [5.41, 5.74) is 7.27. The zero-order valence-electron chi connectivity index (χ0n) is 67.3. The van der Waals surface area contributed by atoms with Gasteiger partial charge in [-0.1, -0.05) is 146 Å². The van der Waals surface area contributed by atoms with Crippen molar-refractivity contribution in [1.29, 1.82) is 5.26 Å². The molecule has 0 radical (unpaired) electrons. The molecule has 7 aromatic carbocycles. The van der Waals surface area contributed by atoms with E-state index in [1.165, 1.54) is 28.1 Å². The van der Waals surface area contributed by atoms with Gasteiger partial charge in [0, 0.05) is 75.6 Å². The summed E-state index contributed by atoms with van der Waals surface area (Å²) in [5.74, 6) is 2.93. The Bertz CT molecular complexity index is 5130. The molecule has 5 heterocycles. The summed E-state index contributed by atoms with van der Waals surface area (Å²) in [6.07, 6.45) is 5.12. The van der Waals surface area contributed by atoms with Gasteiger partial charge in [0.2, 0.25) is 11.8 Å². The molecule has 28 nitrogen and oxygen atoms in total. The van der Waals surface area contributed by atoms with Gasteiger partial charge in [-0.3, -0.25) is 23.5 Å². The highest BCUT2D eigenvalue weighted by molar-refractivity contribution is 7.44. The number of hydrogen-bond donors (Lipinski definition) is 3. The molecule has 10 aromatic rings. The van der Waals surface area contributed by atoms with Gasteiger partial charge < -0.3 is 71.9 Å². The second-order valence-electron chi connectivity index (χ2n) is 29.2. The van der Waals surface area contributed by atoms with Crippen molar-refractivity contribution < 1.29 is 70.2 Å². The lowest BCUT2D eigenvalue weighted by Gasteiger charge is -2.37. The zero-order valence-corrected chi connectivity index (χ0v) is 69.0. The summed E-state index contributed by atoms with van der Waals surface area (Å²) in [5, 5.41) is 18.6. The fraction of sp³-hybridized carbons (Fsp3) is 0.348. The summed E-state index contributed by atoms with van der Waals surface area (Å²) in [7, 11) is 0.530. The molecule has 0 saturated carbocycles. The highest BCUT2D eigenvalue weighted by atomic mass is 31.2. The van der Waals surface area contributed by atoms with Crippen LogP contribution in [0.1, 0.15) is 134 Å². The number of fused-ring (bicyclic) bond motifs is 4. The van der Waals surface area contributed by atoms with Crippen LogP contribution in [0.25, 0.3) is 22.3 Å². The molecule has 2 aliphatic heterocycles. The monoisotopic (exact) mass is 1650 g/mol. The number of amides is 4. The van der Waals surface area contributed by atoms with Crippen molar-refractivity contribution in [2.24, 2.45) is 0 Å². The number of nitrogens with one attached hydrogen (secondary N) is 3. The first-order valence-corrected chi connectivity index (χ1v) is 41.7. The van der Waals surface area contributed by atoms with Crippen molar-refractivity contribution in [2.45, 2.75) is 140 Å². The van der Waals surface area contributed by atoms with E-state index >= 15 is 0 Å². The Hall–Kier alpha value is -11.2. The minimum Gasteiger partial charge on any atom is -0.497 e. The Balaban J connectivity index is 0.746. The molecular weight excluding hydrogens is 1550 g/mol. The van der Waals surface area contributed by atoms with E-state index in [9.17, 15) is 29.2 Å². The highest BCUT2D eigenvalue weighted by Crippen LogP contribution is 2.53. The van der Waals surface area contributed by atoms with Gasteiger partial charge in [-0.25, -0.2) is 29.2 Å². The molecule has 0 bridgehead atoms. The number of methoxy groups -OCH3 is 2. The van der Waals surface area contributed by atoms with Crippen molar-refractivity contribution in [3.63, 3.8) is 0 Å².